The smallest absolute Gasteiger partial charge is 0.304 e. The lowest BCUT2D eigenvalue weighted by atomic mass is 10.4. The van der Waals surface area contributed by atoms with Crippen molar-refractivity contribution in [3.05, 3.63) is 23.5 Å². The Morgan fingerprint density at radius 1 is 1.56 bits per heavy atom. The number of carboxylic acid groups (broad SMARTS) is 1. The normalized spacial score (nSPS) is 11.7. The maximum Gasteiger partial charge on any atom is 0.304 e. The van der Waals surface area contributed by atoms with Crippen molar-refractivity contribution in [3.63, 3.8) is 0 Å². The highest BCUT2D eigenvalue weighted by molar-refractivity contribution is 7.89. The van der Waals surface area contributed by atoms with Crippen LogP contribution in [0, 0.1) is 0 Å². The lowest BCUT2D eigenvalue weighted by molar-refractivity contribution is -0.137. The molecule has 1 aromatic heterocycles. The van der Waals surface area contributed by atoms with E-state index in [-0.39, 0.29) is 29.6 Å². The van der Waals surface area contributed by atoms with Crippen LogP contribution in [0.1, 0.15) is 13.3 Å². The Balaban J connectivity index is 3.04. The highest BCUT2D eigenvalue weighted by Gasteiger charge is 2.26. The van der Waals surface area contributed by atoms with Gasteiger partial charge in [-0.1, -0.05) is 18.5 Å². The molecule has 1 rings (SSSR count). The zero-order chi connectivity index (χ0) is 13.8. The molecule has 0 fully saturated rings. The zero-order valence-electron chi connectivity index (χ0n) is 9.71. The maximum absolute atomic E-state index is 12.2. The van der Waals surface area contributed by atoms with Crippen LogP contribution in [0.15, 0.2) is 23.2 Å². The van der Waals surface area contributed by atoms with Gasteiger partial charge in [-0.05, 0) is 12.1 Å². The van der Waals surface area contributed by atoms with Crippen LogP contribution in [0.4, 0.5) is 0 Å². The summed E-state index contributed by atoms with van der Waals surface area (Å²) in [6.45, 7) is 1.70. The average Bonchev–Trinajstić information content (AvgIpc) is 2.29. The van der Waals surface area contributed by atoms with Crippen LogP contribution < -0.4 is 0 Å². The van der Waals surface area contributed by atoms with E-state index >= 15 is 0 Å². The second kappa shape index (κ2) is 6.12. The Morgan fingerprint density at radius 2 is 2.22 bits per heavy atom. The third-order valence-electron chi connectivity index (χ3n) is 2.27. The molecule has 0 aromatic carbocycles. The van der Waals surface area contributed by atoms with Gasteiger partial charge >= 0.3 is 5.97 Å². The van der Waals surface area contributed by atoms with Crippen molar-refractivity contribution in [2.24, 2.45) is 0 Å². The number of aliphatic carboxylic acids is 1. The van der Waals surface area contributed by atoms with Crippen LogP contribution in [0.3, 0.4) is 0 Å². The number of hydrogen-bond donors (Lipinski definition) is 1. The van der Waals surface area contributed by atoms with E-state index in [2.05, 4.69) is 4.98 Å². The summed E-state index contributed by atoms with van der Waals surface area (Å²) >= 11 is 5.74. The number of rotatable bonds is 6. The quantitative estimate of drug-likeness (QED) is 0.797. The fraction of sp³-hybridized carbons (Fsp3) is 0.400. The Morgan fingerprint density at radius 3 is 2.72 bits per heavy atom. The SMILES string of the molecule is CCN(CCC(=O)O)S(=O)(=O)c1cccnc1Cl. The van der Waals surface area contributed by atoms with Gasteiger partial charge in [0.2, 0.25) is 10.0 Å². The summed E-state index contributed by atoms with van der Waals surface area (Å²) in [5.41, 5.74) is 0. The summed E-state index contributed by atoms with van der Waals surface area (Å²) < 4.78 is 25.5. The molecule has 18 heavy (non-hydrogen) atoms. The predicted molar refractivity (Wildman–Crippen MR) is 65.9 cm³/mol. The van der Waals surface area contributed by atoms with E-state index in [1.807, 2.05) is 0 Å². The van der Waals surface area contributed by atoms with E-state index in [4.69, 9.17) is 16.7 Å². The van der Waals surface area contributed by atoms with E-state index in [1.165, 1.54) is 18.3 Å². The first kappa shape index (κ1) is 14.9. The number of halogens is 1. The number of hydrogen-bond acceptors (Lipinski definition) is 4. The van der Waals surface area contributed by atoms with E-state index < -0.39 is 16.0 Å². The van der Waals surface area contributed by atoms with Gasteiger partial charge in [0.05, 0.1) is 6.42 Å². The monoisotopic (exact) mass is 292 g/mol. The molecule has 0 spiro atoms. The average molecular weight is 293 g/mol. The third kappa shape index (κ3) is 3.41. The minimum Gasteiger partial charge on any atom is -0.481 e. The zero-order valence-corrected chi connectivity index (χ0v) is 11.3. The highest BCUT2D eigenvalue weighted by atomic mass is 35.5. The predicted octanol–water partition coefficient (Wildman–Crippen LogP) is 1.22. The molecule has 0 aliphatic heterocycles. The van der Waals surface area contributed by atoms with Crippen molar-refractivity contribution in [1.29, 1.82) is 0 Å². The van der Waals surface area contributed by atoms with Crippen LogP contribution in [0.2, 0.25) is 5.15 Å². The van der Waals surface area contributed by atoms with Gasteiger partial charge in [-0.3, -0.25) is 4.79 Å². The molecule has 0 saturated heterocycles. The molecule has 6 nitrogen and oxygen atoms in total. The van der Waals surface area contributed by atoms with E-state index in [0.29, 0.717) is 0 Å². The standard InChI is InChI=1S/C10H13ClN2O4S/c1-2-13(7-5-9(14)15)18(16,17)8-4-3-6-12-10(8)11/h3-4,6H,2,5,7H2,1H3,(H,14,15). The summed E-state index contributed by atoms with van der Waals surface area (Å²) in [5.74, 6) is -1.05. The lowest BCUT2D eigenvalue weighted by Crippen LogP contribution is -2.33. The van der Waals surface area contributed by atoms with Crippen LogP contribution in [0.5, 0.6) is 0 Å². The molecule has 0 amide bonds. The Bertz CT molecular complexity index is 532. The number of carbonyl (C=O) groups is 1. The first-order valence-electron chi connectivity index (χ1n) is 5.22. The molecular formula is C10H13ClN2O4S. The first-order chi connectivity index (χ1) is 8.39. The number of sulfonamides is 1. The van der Waals surface area contributed by atoms with Crippen molar-refractivity contribution < 1.29 is 18.3 Å². The fourth-order valence-corrected chi connectivity index (χ4v) is 3.25. The number of nitrogens with zero attached hydrogens (tertiary/aromatic N) is 2. The second-order valence-electron chi connectivity index (χ2n) is 3.43. The van der Waals surface area contributed by atoms with E-state index in [1.54, 1.807) is 6.92 Å². The van der Waals surface area contributed by atoms with Crippen molar-refractivity contribution >= 4 is 27.6 Å². The fourth-order valence-electron chi connectivity index (χ4n) is 1.37. The number of aromatic nitrogens is 1. The molecule has 0 unspecified atom stereocenters. The molecule has 1 heterocycles. The van der Waals surface area contributed by atoms with Crippen molar-refractivity contribution in [2.45, 2.75) is 18.2 Å². The van der Waals surface area contributed by atoms with Crippen molar-refractivity contribution in [1.82, 2.24) is 9.29 Å². The molecule has 0 aliphatic rings. The molecule has 1 N–H and O–H groups in total. The topological polar surface area (TPSA) is 87.6 Å². The summed E-state index contributed by atoms with van der Waals surface area (Å²) in [4.78, 5) is 14.1. The molecule has 0 atom stereocenters. The van der Waals surface area contributed by atoms with Gasteiger partial charge in [0.1, 0.15) is 10.0 Å². The molecule has 0 aliphatic carbocycles. The molecule has 1 aromatic rings. The van der Waals surface area contributed by atoms with Crippen LogP contribution in [-0.2, 0) is 14.8 Å². The van der Waals surface area contributed by atoms with Crippen LogP contribution in [0.25, 0.3) is 0 Å². The van der Waals surface area contributed by atoms with Crippen LogP contribution in [-0.4, -0.2) is 41.9 Å². The summed E-state index contributed by atoms with van der Waals surface area (Å²) in [6.07, 6.45) is 1.12. The summed E-state index contributed by atoms with van der Waals surface area (Å²) in [6, 6.07) is 2.80. The molecule has 8 heteroatoms. The summed E-state index contributed by atoms with van der Waals surface area (Å²) in [5, 5.41) is 8.47. The van der Waals surface area contributed by atoms with Gasteiger partial charge < -0.3 is 5.11 Å². The minimum atomic E-state index is -3.80. The van der Waals surface area contributed by atoms with E-state index in [9.17, 15) is 13.2 Å². The van der Waals surface area contributed by atoms with E-state index in [0.717, 1.165) is 4.31 Å². The molecule has 100 valence electrons. The minimum absolute atomic E-state index is 0.0978. The molecule has 0 saturated carbocycles. The van der Waals surface area contributed by atoms with Gasteiger partial charge in [0.15, 0.2) is 0 Å². The van der Waals surface area contributed by atoms with Crippen molar-refractivity contribution in [3.8, 4) is 0 Å². The maximum atomic E-state index is 12.2. The molecular weight excluding hydrogens is 280 g/mol. The number of carboxylic acids is 1. The second-order valence-corrected chi connectivity index (χ2v) is 5.70. The first-order valence-corrected chi connectivity index (χ1v) is 7.04. The van der Waals surface area contributed by atoms with Gasteiger partial charge in [-0.25, -0.2) is 13.4 Å². The van der Waals surface area contributed by atoms with Crippen molar-refractivity contribution in [2.75, 3.05) is 13.1 Å². The molecule has 0 radical (unpaired) electrons. The van der Waals surface area contributed by atoms with Gasteiger partial charge in [-0.2, -0.15) is 4.31 Å². The van der Waals surface area contributed by atoms with Crippen LogP contribution >= 0.6 is 11.6 Å². The van der Waals surface area contributed by atoms with Gasteiger partial charge in [-0.15, -0.1) is 0 Å². The number of pyridine rings is 1. The lowest BCUT2D eigenvalue weighted by Gasteiger charge is -2.19. The molecule has 0 bridgehead atoms. The van der Waals surface area contributed by atoms with Gasteiger partial charge in [0, 0.05) is 19.3 Å². The third-order valence-corrected chi connectivity index (χ3v) is 4.69. The largest absolute Gasteiger partial charge is 0.481 e. The highest BCUT2D eigenvalue weighted by Crippen LogP contribution is 2.22. The Labute approximate surface area is 110 Å². The Kier molecular flexibility index (Phi) is 5.06. The van der Waals surface area contributed by atoms with Gasteiger partial charge in [0.25, 0.3) is 0 Å². The summed E-state index contributed by atoms with van der Waals surface area (Å²) in [7, 11) is -3.80. The Hall–Kier alpha value is -1.18.